The molecule has 1 atom stereocenters. The topological polar surface area (TPSA) is 49.3 Å². The second-order valence-electron chi connectivity index (χ2n) is 4.89. The van der Waals surface area contributed by atoms with E-state index in [4.69, 9.17) is 16.7 Å². The third kappa shape index (κ3) is 5.52. The zero-order valence-electron chi connectivity index (χ0n) is 11.6. The van der Waals surface area contributed by atoms with Crippen LogP contribution in [0.1, 0.15) is 56.3 Å². The van der Waals surface area contributed by atoms with Crippen molar-refractivity contribution in [1.82, 2.24) is 0 Å². The molecule has 0 aliphatic rings. The monoisotopic (exact) mass is 283 g/mol. The summed E-state index contributed by atoms with van der Waals surface area (Å²) in [4.78, 5) is 11.2. The fourth-order valence-electron chi connectivity index (χ4n) is 2.03. The van der Waals surface area contributed by atoms with Gasteiger partial charge in [-0.1, -0.05) is 44.2 Å². The summed E-state index contributed by atoms with van der Waals surface area (Å²) in [5.74, 6) is -0.955. The Morgan fingerprint density at radius 1 is 1.37 bits per heavy atom. The first-order chi connectivity index (χ1) is 9.04. The number of hydrogen-bond acceptors (Lipinski definition) is 2. The van der Waals surface area contributed by atoms with Gasteiger partial charge in [-0.05, 0) is 31.5 Å². The van der Waals surface area contributed by atoms with Gasteiger partial charge in [0, 0.05) is 16.8 Å². The Morgan fingerprint density at radius 3 is 2.74 bits per heavy atom. The average molecular weight is 284 g/mol. The molecular weight excluding hydrogens is 262 g/mol. The maximum atomic E-state index is 11.2. The Balaban J connectivity index is 2.58. The van der Waals surface area contributed by atoms with Crippen LogP contribution >= 0.6 is 11.6 Å². The van der Waals surface area contributed by atoms with Crippen LogP contribution in [0.3, 0.4) is 0 Å². The molecule has 19 heavy (non-hydrogen) atoms. The minimum absolute atomic E-state index is 0.230. The predicted molar refractivity (Wildman–Crippen MR) is 80.3 cm³/mol. The van der Waals surface area contributed by atoms with E-state index >= 15 is 0 Å². The average Bonchev–Trinajstić information content (AvgIpc) is 2.36. The molecule has 0 saturated heterocycles. The number of benzene rings is 1. The summed E-state index contributed by atoms with van der Waals surface area (Å²) in [6, 6.07) is 5.18. The van der Waals surface area contributed by atoms with Crippen molar-refractivity contribution in [2.24, 2.45) is 0 Å². The highest BCUT2D eigenvalue weighted by Gasteiger charge is 2.12. The van der Waals surface area contributed by atoms with Gasteiger partial charge >= 0.3 is 5.97 Å². The highest BCUT2D eigenvalue weighted by molar-refractivity contribution is 6.31. The SMILES string of the molecule is CCCCCCC(C)Nc1ccc(Cl)cc1C(=O)O. The lowest BCUT2D eigenvalue weighted by molar-refractivity contribution is 0.0698. The molecule has 0 saturated carbocycles. The molecule has 106 valence electrons. The van der Waals surface area contributed by atoms with Gasteiger partial charge in [-0.25, -0.2) is 4.79 Å². The summed E-state index contributed by atoms with van der Waals surface area (Å²) in [5, 5.41) is 12.8. The Morgan fingerprint density at radius 2 is 2.11 bits per heavy atom. The lowest BCUT2D eigenvalue weighted by Gasteiger charge is -2.17. The van der Waals surface area contributed by atoms with E-state index in [1.165, 1.54) is 25.3 Å². The first-order valence-electron chi connectivity index (χ1n) is 6.84. The highest BCUT2D eigenvalue weighted by atomic mass is 35.5. The van der Waals surface area contributed by atoms with Crippen LogP contribution in [0.5, 0.6) is 0 Å². The predicted octanol–water partition coefficient (Wildman–Crippen LogP) is 4.81. The summed E-state index contributed by atoms with van der Waals surface area (Å²) < 4.78 is 0. The molecule has 0 bridgehead atoms. The lowest BCUT2D eigenvalue weighted by atomic mass is 10.1. The smallest absolute Gasteiger partial charge is 0.337 e. The zero-order chi connectivity index (χ0) is 14.3. The molecule has 0 spiro atoms. The van der Waals surface area contributed by atoms with Gasteiger partial charge < -0.3 is 10.4 Å². The van der Waals surface area contributed by atoms with Crippen molar-refractivity contribution in [2.75, 3.05) is 5.32 Å². The van der Waals surface area contributed by atoms with Crippen LogP contribution in [-0.2, 0) is 0 Å². The Kier molecular flexibility index (Phi) is 6.71. The second kappa shape index (κ2) is 8.05. The van der Waals surface area contributed by atoms with Crippen LogP contribution in [0.15, 0.2) is 18.2 Å². The van der Waals surface area contributed by atoms with Crippen molar-refractivity contribution in [1.29, 1.82) is 0 Å². The molecule has 0 aliphatic heterocycles. The van der Waals surface area contributed by atoms with Gasteiger partial charge in [0.1, 0.15) is 0 Å². The number of nitrogens with one attached hydrogen (secondary N) is 1. The molecule has 0 amide bonds. The van der Waals surface area contributed by atoms with E-state index in [1.807, 2.05) is 0 Å². The zero-order valence-corrected chi connectivity index (χ0v) is 12.3. The van der Waals surface area contributed by atoms with E-state index in [0.717, 1.165) is 12.8 Å². The number of carbonyl (C=O) groups is 1. The van der Waals surface area contributed by atoms with Gasteiger partial charge in [0.05, 0.1) is 5.56 Å². The number of carboxylic acid groups (broad SMARTS) is 1. The van der Waals surface area contributed by atoms with Crippen molar-refractivity contribution in [3.63, 3.8) is 0 Å². The molecule has 1 aromatic carbocycles. The first kappa shape index (κ1) is 15.8. The van der Waals surface area contributed by atoms with Crippen LogP contribution in [0.2, 0.25) is 5.02 Å². The molecule has 0 fully saturated rings. The number of halogens is 1. The van der Waals surface area contributed by atoms with Gasteiger partial charge in [-0.3, -0.25) is 0 Å². The van der Waals surface area contributed by atoms with E-state index in [2.05, 4.69) is 19.2 Å². The van der Waals surface area contributed by atoms with Gasteiger partial charge in [0.25, 0.3) is 0 Å². The number of aromatic carboxylic acids is 1. The molecule has 1 unspecified atom stereocenters. The van der Waals surface area contributed by atoms with Crippen molar-refractivity contribution < 1.29 is 9.90 Å². The molecule has 0 aromatic heterocycles. The van der Waals surface area contributed by atoms with Crippen LogP contribution in [0.4, 0.5) is 5.69 Å². The largest absolute Gasteiger partial charge is 0.478 e. The second-order valence-corrected chi connectivity index (χ2v) is 5.33. The quantitative estimate of drug-likeness (QED) is 0.673. The van der Waals surface area contributed by atoms with Crippen molar-refractivity contribution in [3.05, 3.63) is 28.8 Å². The molecule has 1 rings (SSSR count). The number of hydrogen-bond donors (Lipinski definition) is 2. The molecular formula is C15H22ClNO2. The molecule has 2 N–H and O–H groups in total. The molecule has 3 nitrogen and oxygen atoms in total. The molecule has 0 heterocycles. The van der Waals surface area contributed by atoms with Gasteiger partial charge in [-0.2, -0.15) is 0 Å². The fourth-order valence-corrected chi connectivity index (χ4v) is 2.21. The van der Waals surface area contributed by atoms with Crippen LogP contribution in [0.25, 0.3) is 0 Å². The number of anilines is 1. The number of rotatable bonds is 8. The van der Waals surface area contributed by atoms with Gasteiger partial charge in [0.2, 0.25) is 0 Å². The Hall–Kier alpha value is -1.22. The Labute approximate surface area is 120 Å². The summed E-state index contributed by atoms with van der Waals surface area (Å²) in [6.07, 6.45) is 5.92. The number of carboxylic acids is 1. The molecule has 4 heteroatoms. The number of unbranched alkanes of at least 4 members (excludes halogenated alkanes) is 3. The van der Waals surface area contributed by atoms with Gasteiger partial charge in [0.15, 0.2) is 0 Å². The molecule has 0 aliphatic carbocycles. The van der Waals surface area contributed by atoms with Crippen molar-refractivity contribution in [3.8, 4) is 0 Å². The summed E-state index contributed by atoms with van der Waals surface area (Å²) in [5.41, 5.74) is 0.868. The summed E-state index contributed by atoms with van der Waals surface area (Å²) in [6.45, 7) is 4.26. The fraction of sp³-hybridized carbons (Fsp3) is 0.533. The molecule has 1 aromatic rings. The van der Waals surface area contributed by atoms with Crippen LogP contribution in [-0.4, -0.2) is 17.1 Å². The van der Waals surface area contributed by atoms with Crippen LogP contribution in [0, 0.1) is 0 Å². The normalized spacial score (nSPS) is 12.2. The molecule has 0 radical (unpaired) electrons. The minimum atomic E-state index is -0.955. The van der Waals surface area contributed by atoms with E-state index < -0.39 is 5.97 Å². The maximum Gasteiger partial charge on any atom is 0.337 e. The van der Waals surface area contributed by atoms with Crippen LogP contribution < -0.4 is 5.32 Å². The van der Waals surface area contributed by atoms with E-state index in [-0.39, 0.29) is 11.6 Å². The Bertz CT molecular complexity index is 421. The van der Waals surface area contributed by atoms with E-state index in [9.17, 15) is 4.79 Å². The highest BCUT2D eigenvalue weighted by Crippen LogP contribution is 2.22. The van der Waals surface area contributed by atoms with Crippen molar-refractivity contribution in [2.45, 2.75) is 52.0 Å². The third-order valence-corrected chi connectivity index (χ3v) is 3.34. The maximum absolute atomic E-state index is 11.2. The van der Waals surface area contributed by atoms with E-state index in [1.54, 1.807) is 12.1 Å². The van der Waals surface area contributed by atoms with Crippen molar-refractivity contribution >= 4 is 23.3 Å². The minimum Gasteiger partial charge on any atom is -0.478 e. The standard InChI is InChI=1S/C15H22ClNO2/c1-3-4-5-6-7-11(2)17-14-9-8-12(16)10-13(14)15(18)19/h8-11,17H,3-7H2,1-2H3,(H,18,19). The summed E-state index contributed by atoms with van der Waals surface area (Å²) in [7, 11) is 0. The lowest BCUT2D eigenvalue weighted by Crippen LogP contribution is -2.17. The van der Waals surface area contributed by atoms with Gasteiger partial charge in [-0.15, -0.1) is 0 Å². The van der Waals surface area contributed by atoms with E-state index in [0.29, 0.717) is 10.7 Å². The summed E-state index contributed by atoms with van der Waals surface area (Å²) >= 11 is 5.82. The first-order valence-corrected chi connectivity index (χ1v) is 7.21. The third-order valence-electron chi connectivity index (χ3n) is 3.10.